The Hall–Kier alpha value is -1.57. The van der Waals surface area contributed by atoms with Gasteiger partial charge >= 0.3 is 12.1 Å². The number of amides is 1. The summed E-state index contributed by atoms with van der Waals surface area (Å²) in [6, 6.07) is 0. The fraction of sp³-hybridized carbons (Fsp3) is 0.500. The van der Waals surface area contributed by atoms with Crippen molar-refractivity contribution >= 4 is 11.9 Å². The largest absolute Gasteiger partial charge is 0.478 e. The van der Waals surface area contributed by atoms with Gasteiger partial charge in [0.1, 0.15) is 0 Å². The SMILES string of the molecule is O=C(O)/C=C/C(=O)N1CC(O)(C(F)(F)F)C1. The third-order valence-electron chi connectivity index (χ3n) is 2.11. The van der Waals surface area contributed by atoms with Crippen molar-refractivity contribution in [2.45, 2.75) is 11.8 Å². The molecule has 0 radical (unpaired) electrons. The van der Waals surface area contributed by atoms with E-state index >= 15 is 0 Å². The number of nitrogens with zero attached hydrogens (tertiary/aromatic N) is 1. The maximum absolute atomic E-state index is 12.1. The van der Waals surface area contributed by atoms with Gasteiger partial charge in [-0.3, -0.25) is 4.79 Å². The van der Waals surface area contributed by atoms with Gasteiger partial charge in [0.2, 0.25) is 5.91 Å². The van der Waals surface area contributed by atoms with Gasteiger partial charge in [-0.2, -0.15) is 13.2 Å². The Morgan fingerprint density at radius 1 is 1.25 bits per heavy atom. The number of likely N-dealkylation sites (tertiary alicyclic amines) is 1. The second-order valence-electron chi connectivity index (χ2n) is 3.40. The Bertz CT molecular complexity index is 344. The van der Waals surface area contributed by atoms with Crippen LogP contribution in [-0.4, -0.2) is 51.9 Å². The molecule has 90 valence electrons. The van der Waals surface area contributed by atoms with Gasteiger partial charge in [-0.05, 0) is 0 Å². The van der Waals surface area contributed by atoms with Crippen molar-refractivity contribution in [3.05, 3.63) is 12.2 Å². The Labute approximate surface area is 87.8 Å². The van der Waals surface area contributed by atoms with E-state index in [9.17, 15) is 22.8 Å². The van der Waals surface area contributed by atoms with E-state index in [2.05, 4.69) is 0 Å². The third kappa shape index (κ3) is 2.32. The first-order chi connectivity index (χ1) is 7.16. The van der Waals surface area contributed by atoms with Crippen LogP contribution in [0.1, 0.15) is 0 Å². The standard InChI is InChI=1S/C8H8F3NO4/c9-8(10,11)7(16)3-12(4-7)5(13)1-2-6(14)15/h1-2,16H,3-4H2,(H,14,15)/b2-1+. The topological polar surface area (TPSA) is 77.8 Å². The lowest BCUT2D eigenvalue weighted by atomic mass is 9.93. The number of alkyl halides is 3. The van der Waals surface area contributed by atoms with Crippen LogP contribution >= 0.6 is 0 Å². The summed E-state index contributed by atoms with van der Waals surface area (Å²) >= 11 is 0. The van der Waals surface area contributed by atoms with E-state index in [1.54, 1.807) is 0 Å². The fourth-order valence-electron chi connectivity index (χ4n) is 1.17. The molecule has 0 aromatic heterocycles. The van der Waals surface area contributed by atoms with Gasteiger partial charge in [0.25, 0.3) is 0 Å². The van der Waals surface area contributed by atoms with E-state index in [1.165, 1.54) is 0 Å². The van der Waals surface area contributed by atoms with Crippen LogP contribution in [0.15, 0.2) is 12.2 Å². The molecule has 1 amide bonds. The predicted molar refractivity (Wildman–Crippen MR) is 44.4 cm³/mol. The normalized spacial score (nSPS) is 19.6. The van der Waals surface area contributed by atoms with Gasteiger partial charge in [0.05, 0.1) is 13.1 Å². The molecule has 1 fully saturated rings. The zero-order chi connectivity index (χ0) is 12.6. The number of hydrogen-bond acceptors (Lipinski definition) is 3. The molecule has 2 N–H and O–H groups in total. The molecule has 1 rings (SSSR count). The predicted octanol–water partition coefficient (Wildman–Crippen LogP) is -0.237. The number of halogens is 3. The summed E-state index contributed by atoms with van der Waals surface area (Å²) < 4.78 is 36.4. The summed E-state index contributed by atoms with van der Waals surface area (Å²) in [5.41, 5.74) is -2.88. The molecule has 16 heavy (non-hydrogen) atoms. The summed E-state index contributed by atoms with van der Waals surface area (Å²) in [5.74, 6) is -2.25. The van der Waals surface area contributed by atoms with Crippen molar-refractivity contribution in [2.75, 3.05) is 13.1 Å². The van der Waals surface area contributed by atoms with Crippen LogP contribution in [0, 0.1) is 0 Å². The molecule has 0 saturated carbocycles. The van der Waals surface area contributed by atoms with Crippen molar-refractivity contribution < 1.29 is 33.0 Å². The van der Waals surface area contributed by atoms with Crippen LogP contribution in [0.2, 0.25) is 0 Å². The number of carboxylic acids is 1. The lowest BCUT2D eigenvalue weighted by molar-refractivity contribution is -0.296. The van der Waals surface area contributed by atoms with Crippen molar-refractivity contribution in [1.29, 1.82) is 0 Å². The second-order valence-corrected chi connectivity index (χ2v) is 3.40. The van der Waals surface area contributed by atoms with Crippen LogP contribution < -0.4 is 0 Å². The minimum atomic E-state index is -4.79. The zero-order valence-corrected chi connectivity index (χ0v) is 7.86. The molecular weight excluding hydrogens is 231 g/mol. The van der Waals surface area contributed by atoms with Crippen LogP contribution in [0.3, 0.4) is 0 Å². The Morgan fingerprint density at radius 3 is 2.12 bits per heavy atom. The zero-order valence-electron chi connectivity index (χ0n) is 7.86. The number of aliphatic hydroxyl groups is 1. The lowest BCUT2D eigenvalue weighted by Crippen LogP contribution is -2.70. The summed E-state index contributed by atoms with van der Waals surface area (Å²) in [7, 11) is 0. The number of rotatable bonds is 2. The summed E-state index contributed by atoms with van der Waals surface area (Å²) in [5, 5.41) is 17.2. The number of hydrogen-bond donors (Lipinski definition) is 2. The van der Waals surface area contributed by atoms with E-state index in [4.69, 9.17) is 10.2 Å². The molecule has 8 heteroatoms. The highest BCUT2D eigenvalue weighted by Crippen LogP contribution is 2.37. The fourth-order valence-corrected chi connectivity index (χ4v) is 1.17. The molecule has 0 spiro atoms. The van der Waals surface area contributed by atoms with Crippen molar-refractivity contribution in [3.63, 3.8) is 0 Å². The number of carbonyl (C=O) groups excluding carboxylic acids is 1. The Morgan fingerprint density at radius 2 is 1.75 bits per heavy atom. The van der Waals surface area contributed by atoms with Crippen molar-refractivity contribution in [2.24, 2.45) is 0 Å². The summed E-state index contributed by atoms with van der Waals surface area (Å²) in [4.78, 5) is 21.8. The van der Waals surface area contributed by atoms with Gasteiger partial charge < -0.3 is 15.1 Å². The summed E-state index contributed by atoms with van der Waals surface area (Å²) in [6.07, 6.45) is -3.63. The molecule has 5 nitrogen and oxygen atoms in total. The molecule has 1 saturated heterocycles. The molecule has 0 bridgehead atoms. The van der Waals surface area contributed by atoms with E-state index in [-0.39, 0.29) is 0 Å². The van der Waals surface area contributed by atoms with Crippen LogP contribution in [-0.2, 0) is 9.59 Å². The van der Waals surface area contributed by atoms with Crippen LogP contribution in [0.25, 0.3) is 0 Å². The maximum Gasteiger partial charge on any atom is 0.420 e. The van der Waals surface area contributed by atoms with Gasteiger partial charge in [-0.15, -0.1) is 0 Å². The Kier molecular flexibility index (Phi) is 2.95. The van der Waals surface area contributed by atoms with E-state index in [0.29, 0.717) is 17.1 Å². The number of carbonyl (C=O) groups is 2. The van der Waals surface area contributed by atoms with Crippen LogP contribution in [0.5, 0.6) is 0 Å². The molecule has 0 aliphatic carbocycles. The number of aliphatic carboxylic acids is 1. The van der Waals surface area contributed by atoms with Crippen molar-refractivity contribution in [1.82, 2.24) is 4.90 Å². The molecule has 0 aromatic rings. The maximum atomic E-state index is 12.1. The van der Waals surface area contributed by atoms with Gasteiger partial charge in [-0.1, -0.05) is 0 Å². The van der Waals surface area contributed by atoms with Gasteiger partial charge in [-0.25, -0.2) is 4.79 Å². The minimum Gasteiger partial charge on any atom is -0.478 e. The monoisotopic (exact) mass is 239 g/mol. The first kappa shape index (κ1) is 12.5. The number of β-amino-alcohol motifs (C(OH)–C–C–N with tert-alkyl or cyclic N) is 1. The summed E-state index contributed by atoms with van der Waals surface area (Å²) in [6.45, 7) is -1.75. The lowest BCUT2D eigenvalue weighted by Gasteiger charge is -2.46. The molecule has 0 aromatic carbocycles. The quantitative estimate of drug-likeness (QED) is 0.652. The van der Waals surface area contributed by atoms with Crippen LogP contribution in [0.4, 0.5) is 13.2 Å². The highest BCUT2D eigenvalue weighted by Gasteiger charge is 2.61. The first-order valence-electron chi connectivity index (χ1n) is 4.15. The molecule has 1 aliphatic rings. The molecule has 1 heterocycles. The van der Waals surface area contributed by atoms with Crippen molar-refractivity contribution in [3.8, 4) is 0 Å². The molecule has 0 atom stereocenters. The first-order valence-corrected chi connectivity index (χ1v) is 4.15. The number of carboxylic acid groups (broad SMARTS) is 1. The molecular formula is C8H8F3NO4. The van der Waals surface area contributed by atoms with Gasteiger partial charge in [0.15, 0.2) is 5.60 Å². The third-order valence-corrected chi connectivity index (χ3v) is 2.11. The van der Waals surface area contributed by atoms with E-state index in [1.807, 2.05) is 0 Å². The molecule has 0 unspecified atom stereocenters. The molecule has 1 aliphatic heterocycles. The van der Waals surface area contributed by atoms with Gasteiger partial charge in [0, 0.05) is 12.2 Å². The highest BCUT2D eigenvalue weighted by atomic mass is 19.4. The Balaban J connectivity index is 2.53. The second kappa shape index (κ2) is 3.78. The average Bonchev–Trinajstić information content (AvgIpc) is 2.06. The average molecular weight is 239 g/mol. The van der Waals surface area contributed by atoms with E-state index < -0.39 is 36.7 Å². The minimum absolute atomic E-state index is 0.521. The smallest absolute Gasteiger partial charge is 0.420 e. The van der Waals surface area contributed by atoms with E-state index in [0.717, 1.165) is 0 Å². The highest BCUT2D eigenvalue weighted by molar-refractivity contribution is 5.94.